The first-order valence-corrected chi connectivity index (χ1v) is 7.47. The minimum Gasteiger partial charge on any atom is -0.479 e. The number of benzene rings is 1. The van der Waals surface area contributed by atoms with E-state index in [0.717, 1.165) is 0 Å². The van der Waals surface area contributed by atoms with Crippen molar-refractivity contribution in [2.24, 2.45) is 0 Å². The van der Waals surface area contributed by atoms with Crippen LogP contribution < -0.4 is 15.4 Å². The molecule has 8 nitrogen and oxygen atoms in total. The van der Waals surface area contributed by atoms with Gasteiger partial charge in [0.2, 0.25) is 0 Å². The van der Waals surface area contributed by atoms with Crippen molar-refractivity contribution in [2.45, 2.75) is 13.0 Å². The van der Waals surface area contributed by atoms with E-state index in [-0.39, 0.29) is 22.9 Å². The standard InChI is InChI=1S/C17H16N4O4/c1-9-16(22)20(2)12-6-11(4-5-13(12)25-9)21-8-10(7-18)14(19)15(21)17(23)24-3/h4-6,8-9H,19H2,1-3H3. The third-order valence-electron chi connectivity index (χ3n) is 4.11. The van der Waals surface area contributed by atoms with E-state index in [0.29, 0.717) is 17.1 Å². The predicted octanol–water partition coefficient (Wildman–Crippen LogP) is 1.46. The average Bonchev–Trinajstić information content (AvgIpc) is 2.95. The molecule has 1 aromatic heterocycles. The number of aromatic nitrogens is 1. The van der Waals surface area contributed by atoms with E-state index in [9.17, 15) is 14.9 Å². The van der Waals surface area contributed by atoms with Crippen LogP contribution in [0.2, 0.25) is 0 Å². The second-order valence-corrected chi connectivity index (χ2v) is 5.59. The summed E-state index contributed by atoms with van der Waals surface area (Å²) in [5.74, 6) is -0.285. The second-order valence-electron chi connectivity index (χ2n) is 5.59. The molecule has 1 amide bonds. The molecular formula is C17H16N4O4. The van der Waals surface area contributed by atoms with Gasteiger partial charge in [0.05, 0.1) is 24.0 Å². The van der Waals surface area contributed by atoms with E-state index >= 15 is 0 Å². The summed E-state index contributed by atoms with van der Waals surface area (Å²) < 4.78 is 11.8. The van der Waals surface area contributed by atoms with E-state index in [4.69, 9.17) is 15.2 Å². The molecule has 2 heterocycles. The molecule has 0 radical (unpaired) electrons. The summed E-state index contributed by atoms with van der Waals surface area (Å²) in [6.07, 6.45) is 0.888. The lowest BCUT2D eigenvalue weighted by molar-refractivity contribution is -0.125. The van der Waals surface area contributed by atoms with Crippen LogP contribution in [-0.2, 0) is 9.53 Å². The quantitative estimate of drug-likeness (QED) is 0.829. The molecule has 25 heavy (non-hydrogen) atoms. The first-order valence-electron chi connectivity index (χ1n) is 7.47. The smallest absolute Gasteiger partial charge is 0.357 e. The summed E-state index contributed by atoms with van der Waals surface area (Å²) in [6, 6.07) is 7.04. The summed E-state index contributed by atoms with van der Waals surface area (Å²) in [5.41, 5.74) is 7.26. The fraction of sp³-hybridized carbons (Fsp3) is 0.235. The van der Waals surface area contributed by atoms with Crippen molar-refractivity contribution in [2.75, 3.05) is 24.8 Å². The van der Waals surface area contributed by atoms with Crippen molar-refractivity contribution < 1.29 is 19.1 Å². The molecule has 1 aliphatic rings. The van der Waals surface area contributed by atoms with Crippen LogP contribution in [0.5, 0.6) is 5.75 Å². The number of fused-ring (bicyclic) bond motifs is 1. The third kappa shape index (κ3) is 2.46. The Labute approximate surface area is 143 Å². The number of nitrogen functional groups attached to an aromatic ring is 1. The van der Waals surface area contributed by atoms with Gasteiger partial charge in [0.1, 0.15) is 11.8 Å². The van der Waals surface area contributed by atoms with Gasteiger partial charge in [-0.1, -0.05) is 0 Å². The molecule has 0 bridgehead atoms. The molecule has 1 aromatic carbocycles. The van der Waals surface area contributed by atoms with Crippen molar-refractivity contribution in [3.63, 3.8) is 0 Å². The normalized spacial score (nSPS) is 16.0. The summed E-state index contributed by atoms with van der Waals surface area (Å²) in [7, 11) is 2.88. The van der Waals surface area contributed by atoms with Crippen molar-refractivity contribution in [1.82, 2.24) is 4.57 Å². The van der Waals surface area contributed by atoms with Crippen LogP contribution in [0, 0.1) is 11.3 Å². The number of nitriles is 1. The maximum atomic E-state index is 12.1. The zero-order chi connectivity index (χ0) is 18.3. The van der Waals surface area contributed by atoms with E-state index < -0.39 is 12.1 Å². The number of methoxy groups -OCH3 is 1. The van der Waals surface area contributed by atoms with Crippen molar-refractivity contribution in [3.8, 4) is 17.5 Å². The number of likely N-dealkylation sites (N-methyl/N-ethyl adjacent to an activating group) is 1. The van der Waals surface area contributed by atoms with Crippen LogP contribution in [0.4, 0.5) is 11.4 Å². The minimum atomic E-state index is -0.661. The highest BCUT2D eigenvalue weighted by Gasteiger charge is 2.30. The Bertz CT molecular complexity index is 925. The summed E-state index contributed by atoms with van der Waals surface area (Å²) in [6.45, 7) is 1.68. The Balaban J connectivity index is 2.18. The van der Waals surface area contributed by atoms with Gasteiger partial charge in [-0.3, -0.25) is 4.79 Å². The number of nitrogens with zero attached hydrogens (tertiary/aromatic N) is 3. The SMILES string of the molecule is COC(=O)c1c(N)c(C#N)cn1-c1ccc2c(c1)N(C)C(=O)C(C)O2. The van der Waals surface area contributed by atoms with Gasteiger partial charge >= 0.3 is 5.97 Å². The Hall–Kier alpha value is -3.47. The molecule has 0 fully saturated rings. The molecule has 2 aromatic rings. The van der Waals surface area contributed by atoms with E-state index in [1.165, 1.54) is 22.8 Å². The van der Waals surface area contributed by atoms with E-state index in [2.05, 4.69) is 0 Å². The average molecular weight is 340 g/mol. The molecule has 0 saturated heterocycles. The largest absolute Gasteiger partial charge is 0.479 e. The molecule has 0 spiro atoms. The number of esters is 1. The van der Waals surface area contributed by atoms with Gasteiger partial charge in [-0.05, 0) is 25.1 Å². The number of nitrogens with two attached hydrogens (primary N) is 1. The number of hydrogen-bond donors (Lipinski definition) is 1. The van der Waals surface area contributed by atoms with Gasteiger partial charge in [0.25, 0.3) is 5.91 Å². The Kier molecular flexibility index (Phi) is 3.85. The Morgan fingerprint density at radius 2 is 2.16 bits per heavy atom. The molecule has 0 saturated carbocycles. The lowest BCUT2D eigenvalue weighted by atomic mass is 10.2. The predicted molar refractivity (Wildman–Crippen MR) is 89.7 cm³/mol. The topological polar surface area (TPSA) is 111 Å². The number of rotatable bonds is 2. The first kappa shape index (κ1) is 16.4. The molecule has 1 unspecified atom stereocenters. The van der Waals surface area contributed by atoms with Crippen molar-refractivity contribution in [3.05, 3.63) is 35.7 Å². The van der Waals surface area contributed by atoms with Crippen molar-refractivity contribution in [1.29, 1.82) is 5.26 Å². The zero-order valence-corrected chi connectivity index (χ0v) is 13.9. The highest BCUT2D eigenvalue weighted by atomic mass is 16.5. The first-order chi connectivity index (χ1) is 11.9. The van der Waals surface area contributed by atoms with Gasteiger partial charge in [0.15, 0.2) is 11.8 Å². The molecule has 1 aliphatic heterocycles. The maximum Gasteiger partial charge on any atom is 0.357 e. The molecular weight excluding hydrogens is 324 g/mol. The maximum absolute atomic E-state index is 12.1. The van der Waals surface area contributed by atoms with Gasteiger partial charge in [-0.2, -0.15) is 5.26 Å². The fourth-order valence-electron chi connectivity index (χ4n) is 2.77. The minimum absolute atomic E-state index is 0.0429. The molecule has 0 aliphatic carbocycles. The van der Waals surface area contributed by atoms with Gasteiger partial charge in [0, 0.05) is 18.9 Å². The third-order valence-corrected chi connectivity index (χ3v) is 4.11. The number of amides is 1. The highest BCUT2D eigenvalue weighted by molar-refractivity contribution is 6.00. The summed E-state index contributed by atoms with van der Waals surface area (Å²) in [5, 5.41) is 9.19. The molecule has 1 atom stereocenters. The van der Waals surface area contributed by atoms with E-state index in [1.54, 1.807) is 32.2 Å². The molecule has 2 N–H and O–H groups in total. The van der Waals surface area contributed by atoms with Crippen molar-refractivity contribution >= 4 is 23.3 Å². The van der Waals surface area contributed by atoms with Crippen LogP contribution >= 0.6 is 0 Å². The van der Waals surface area contributed by atoms with Crippen LogP contribution in [-0.4, -0.2) is 36.7 Å². The van der Waals surface area contributed by atoms with E-state index in [1.807, 2.05) is 6.07 Å². The lowest BCUT2D eigenvalue weighted by Gasteiger charge is -2.30. The summed E-state index contributed by atoms with van der Waals surface area (Å²) >= 11 is 0. The number of carbonyl (C=O) groups is 2. The van der Waals surface area contributed by atoms with Crippen LogP contribution in [0.15, 0.2) is 24.4 Å². The van der Waals surface area contributed by atoms with Gasteiger partial charge < -0.3 is 24.7 Å². The van der Waals surface area contributed by atoms with Gasteiger partial charge in [-0.25, -0.2) is 4.79 Å². The van der Waals surface area contributed by atoms with Crippen LogP contribution in [0.3, 0.4) is 0 Å². The molecule has 3 rings (SSSR count). The van der Waals surface area contributed by atoms with Crippen LogP contribution in [0.25, 0.3) is 5.69 Å². The van der Waals surface area contributed by atoms with Gasteiger partial charge in [-0.15, -0.1) is 0 Å². The molecule has 128 valence electrons. The highest BCUT2D eigenvalue weighted by Crippen LogP contribution is 2.36. The summed E-state index contributed by atoms with van der Waals surface area (Å²) in [4.78, 5) is 25.7. The lowest BCUT2D eigenvalue weighted by Crippen LogP contribution is -2.42. The molecule has 8 heteroatoms. The number of hydrogen-bond acceptors (Lipinski definition) is 6. The Morgan fingerprint density at radius 1 is 1.44 bits per heavy atom. The van der Waals surface area contributed by atoms with Crippen LogP contribution in [0.1, 0.15) is 23.0 Å². The number of carbonyl (C=O) groups excluding carboxylic acids is 2. The monoisotopic (exact) mass is 340 g/mol. The second kappa shape index (κ2) is 5.87. The Morgan fingerprint density at radius 3 is 2.80 bits per heavy atom. The number of anilines is 2. The number of ether oxygens (including phenoxy) is 2. The fourth-order valence-corrected chi connectivity index (χ4v) is 2.77. The zero-order valence-electron chi connectivity index (χ0n) is 13.9.